The van der Waals surface area contributed by atoms with Gasteiger partial charge in [0.05, 0.1) is 30.0 Å². The van der Waals surface area contributed by atoms with Gasteiger partial charge in [0, 0.05) is 50.8 Å². The van der Waals surface area contributed by atoms with E-state index in [1.54, 1.807) is 30.3 Å². The first-order chi connectivity index (χ1) is 17.8. The Labute approximate surface area is 213 Å². The maximum absolute atomic E-state index is 13.9. The number of alkyl halides is 3. The summed E-state index contributed by atoms with van der Waals surface area (Å²) in [7, 11) is 0. The molecule has 1 aromatic carbocycles. The highest BCUT2D eigenvalue weighted by Crippen LogP contribution is 2.40. The molecule has 0 spiro atoms. The molecule has 4 heterocycles. The second-order valence-corrected chi connectivity index (χ2v) is 9.76. The number of esters is 1. The van der Waals surface area contributed by atoms with E-state index in [-0.39, 0.29) is 30.3 Å². The van der Waals surface area contributed by atoms with E-state index in [1.807, 2.05) is 4.90 Å². The number of anilines is 2. The molecule has 5 rings (SSSR count). The molecular formula is C26H30F3N5O3. The number of aromatic nitrogens is 2. The number of hydrogen-bond acceptors (Lipinski definition) is 7. The van der Waals surface area contributed by atoms with Crippen LogP contribution in [0, 0.1) is 11.8 Å². The van der Waals surface area contributed by atoms with Crippen LogP contribution in [0.5, 0.6) is 0 Å². The van der Waals surface area contributed by atoms with Crippen LogP contribution in [-0.4, -0.2) is 72.1 Å². The molecule has 0 radical (unpaired) electrons. The second kappa shape index (κ2) is 10.2. The summed E-state index contributed by atoms with van der Waals surface area (Å²) in [5.41, 5.74) is 0.578. The molecule has 1 amide bonds. The van der Waals surface area contributed by atoms with Crippen LogP contribution in [0.1, 0.15) is 30.9 Å². The molecule has 2 fully saturated rings. The first kappa shape index (κ1) is 25.3. The van der Waals surface area contributed by atoms with Gasteiger partial charge in [-0.25, -0.2) is 9.97 Å². The lowest BCUT2D eigenvalue weighted by Gasteiger charge is -2.50. The molecule has 0 unspecified atom stereocenters. The third-order valence-corrected chi connectivity index (χ3v) is 7.62. The number of carbonyl (C=O) groups is 2. The number of amides is 1. The summed E-state index contributed by atoms with van der Waals surface area (Å²) in [4.78, 5) is 40.6. The van der Waals surface area contributed by atoms with Gasteiger partial charge < -0.3 is 19.4 Å². The van der Waals surface area contributed by atoms with Crippen molar-refractivity contribution in [1.82, 2.24) is 14.9 Å². The Bertz CT molecular complexity index is 1140. The number of fused-ring (bicyclic) bond motifs is 3. The SMILES string of the molecule is CCOC(=O)C1CCN(C(=O)[C@@H]2Cc3cc(C(F)(F)F)ccc3N3CCN(c4ncccn4)C[C@H]23)CC1. The average molecular weight is 518 g/mol. The van der Waals surface area contributed by atoms with Gasteiger partial charge in [-0.2, -0.15) is 13.2 Å². The summed E-state index contributed by atoms with van der Waals surface area (Å²) in [6.07, 6.45) is 0.138. The molecule has 3 aliphatic rings. The molecule has 0 N–H and O–H groups in total. The summed E-state index contributed by atoms with van der Waals surface area (Å²) in [5, 5.41) is 0. The monoisotopic (exact) mass is 517 g/mol. The highest BCUT2D eigenvalue weighted by atomic mass is 19.4. The van der Waals surface area contributed by atoms with Crippen LogP contribution < -0.4 is 9.80 Å². The van der Waals surface area contributed by atoms with Gasteiger partial charge in [0.2, 0.25) is 11.9 Å². The van der Waals surface area contributed by atoms with Crippen molar-refractivity contribution in [2.45, 2.75) is 38.4 Å². The van der Waals surface area contributed by atoms with E-state index in [1.165, 1.54) is 12.1 Å². The third-order valence-electron chi connectivity index (χ3n) is 7.62. The Morgan fingerprint density at radius 1 is 1.08 bits per heavy atom. The van der Waals surface area contributed by atoms with E-state index in [9.17, 15) is 22.8 Å². The van der Waals surface area contributed by atoms with Crippen LogP contribution in [0.25, 0.3) is 0 Å². The predicted molar refractivity (Wildman–Crippen MR) is 130 cm³/mol. The lowest BCUT2D eigenvalue weighted by Crippen LogP contribution is -2.62. The Morgan fingerprint density at radius 2 is 1.81 bits per heavy atom. The Kier molecular flexibility index (Phi) is 6.96. The van der Waals surface area contributed by atoms with Crippen molar-refractivity contribution in [3.05, 3.63) is 47.8 Å². The summed E-state index contributed by atoms with van der Waals surface area (Å²) in [6, 6.07) is 5.33. The van der Waals surface area contributed by atoms with Crippen molar-refractivity contribution in [3.8, 4) is 0 Å². The van der Waals surface area contributed by atoms with E-state index in [0.29, 0.717) is 63.7 Å². The molecule has 2 saturated heterocycles. The number of carbonyl (C=O) groups excluding carboxylic acids is 2. The lowest BCUT2D eigenvalue weighted by atomic mass is 9.82. The molecule has 2 atom stereocenters. The minimum absolute atomic E-state index is 0.0869. The van der Waals surface area contributed by atoms with Gasteiger partial charge in [-0.05, 0) is 56.0 Å². The standard InChI is InChI=1S/C26H30F3N5O3/c1-2-37-24(36)17-6-10-32(11-7-17)23(35)20-15-18-14-19(26(27,28)29)4-5-21(18)34-13-12-33(16-22(20)34)25-30-8-3-9-31-25/h3-5,8-9,14,17,20,22H,2,6-7,10-13,15-16H2,1H3/t20-,22-/m1/s1. The van der Waals surface area contributed by atoms with Crippen LogP contribution in [0.15, 0.2) is 36.7 Å². The van der Waals surface area contributed by atoms with Crippen molar-refractivity contribution in [2.75, 3.05) is 49.1 Å². The molecule has 2 aromatic rings. The minimum Gasteiger partial charge on any atom is -0.466 e. The van der Waals surface area contributed by atoms with E-state index in [2.05, 4.69) is 14.9 Å². The van der Waals surface area contributed by atoms with Gasteiger partial charge in [-0.3, -0.25) is 9.59 Å². The fourth-order valence-corrected chi connectivity index (χ4v) is 5.75. The second-order valence-electron chi connectivity index (χ2n) is 9.76. The van der Waals surface area contributed by atoms with Gasteiger partial charge >= 0.3 is 12.1 Å². The lowest BCUT2D eigenvalue weighted by molar-refractivity contribution is -0.152. The molecule has 3 aliphatic heterocycles. The predicted octanol–water partition coefficient (Wildman–Crippen LogP) is 3.16. The first-order valence-corrected chi connectivity index (χ1v) is 12.7. The Hall–Kier alpha value is -3.37. The van der Waals surface area contributed by atoms with Gasteiger partial charge in [0.15, 0.2) is 0 Å². The number of piperazine rings is 1. The maximum Gasteiger partial charge on any atom is 0.416 e. The molecule has 198 valence electrons. The molecular weight excluding hydrogens is 487 g/mol. The zero-order chi connectivity index (χ0) is 26.2. The first-order valence-electron chi connectivity index (χ1n) is 12.7. The van der Waals surface area contributed by atoms with E-state index in [4.69, 9.17) is 4.74 Å². The fraction of sp³-hybridized carbons (Fsp3) is 0.538. The number of ether oxygens (including phenoxy) is 1. The van der Waals surface area contributed by atoms with Crippen molar-refractivity contribution < 1.29 is 27.5 Å². The highest BCUT2D eigenvalue weighted by molar-refractivity contribution is 5.83. The molecule has 1 aromatic heterocycles. The number of likely N-dealkylation sites (tertiary alicyclic amines) is 1. The Morgan fingerprint density at radius 3 is 2.49 bits per heavy atom. The van der Waals surface area contributed by atoms with E-state index < -0.39 is 17.7 Å². The summed E-state index contributed by atoms with van der Waals surface area (Å²) >= 11 is 0. The zero-order valence-corrected chi connectivity index (χ0v) is 20.7. The topological polar surface area (TPSA) is 78.9 Å². The molecule has 0 bridgehead atoms. The number of nitrogens with zero attached hydrogens (tertiary/aromatic N) is 5. The van der Waals surface area contributed by atoms with Crippen molar-refractivity contribution >= 4 is 23.5 Å². The van der Waals surface area contributed by atoms with E-state index in [0.717, 1.165) is 11.8 Å². The summed E-state index contributed by atoms with van der Waals surface area (Å²) in [5.74, 6) is -0.514. The molecule has 37 heavy (non-hydrogen) atoms. The number of rotatable bonds is 4. The summed E-state index contributed by atoms with van der Waals surface area (Å²) < 4.78 is 45.6. The minimum atomic E-state index is -4.45. The van der Waals surface area contributed by atoms with Crippen LogP contribution in [0.4, 0.5) is 24.8 Å². The Balaban J connectivity index is 1.41. The van der Waals surface area contributed by atoms with Crippen LogP contribution >= 0.6 is 0 Å². The van der Waals surface area contributed by atoms with Gasteiger partial charge in [-0.1, -0.05) is 0 Å². The quantitative estimate of drug-likeness (QED) is 0.577. The van der Waals surface area contributed by atoms with Crippen molar-refractivity contribution in [2.24, 2.45) is 11.8 Å². The van der Waals surface area contributed by atoms with Gasteiger partial charge in [0.1, 0.15) is 0 Å². The third kappa shape index (κ3) is 5.08. The number of piperidine rings is 1. The van der Waals surface area contributed by atoms with Crippen molar-refractivity contribution in [1.29, 1.82) is 0 Å². The largest absolute Gasteiger partial charge is 0.466 e. The highest BCUT2D eigenvalue weighted by Gasteiger charge is 2.45. The normalized spacial score (nSPS) is 22.3. The fourth-order valence-electron chi connectivity index (χ4n) is 5.75. The van der Waals surface area contributed by atoms with Crippen LogP contribution in [-0.2, 0) is 26.9 Å². The van der Waals surface area contributed by atoms with Crippen LogP contribution in [0.2, 0.25) is 0 Å². The van der Waals surface area contributed by atoms with E-state index >= 15 is 0 Å². The van der Waals surface area contributed by atoms with Crippen LogP contribution in [0.3, 0.4) is 0 Å². The zero-order valence-electron chi connectivity index (χ0n) is 20.7. The smallest absolute Gasteiger partial charge is 0.416 e. The van der Waals surface area contributed by atoms with Crippen molar-refractivity contribution in [3.63, 3.8) is 0 Å². The summed E-state index contributed by atoms with van der Waals surface area (Å²) in [6.45, 7) is 4.54. The molecule has 8 nitrogen and oxygen atoms in total. The number of hydrogen-bond donors (Lipinski definition) is 0. The van der Waals surface area contributed by atoms with Gasteiger partial charge in [-0.15, -0.1) is 0 Å². The molecule has 0 aliphatic carbocycles. The number of halogens is 3. The average Bonchev–Trinajstić information content (AvgIpc) is 2.91. The molecule has 0 saturated carbocycles. The maximum atomic E-state index is 13.9. The van der Waals surface area contributed by atoms with Gasteiger partial charge in [0.25, 0.3) is 0 Å². The number of benzene rings is 1. The molecule has 11 heteroatoms.